The van der Waals surface area contributed by atoms with Crippen LogP contribution in [0.25, 0.3) is 0 Å². The molecule has 1 atom stereocenters. The van der Waals surface area contributed by atoms with E-state index in [1.54, 1.807) is 6.07 Å². The van der Waals surface area contributed by atoms with E-state index in [9.17, 15) is 18.3 Å². The van der Waals surface area contributed by atoms with E-state index in [2.05, 4.69) is 10.2 Å². The third-order valence-electron chi connectivity index (χ3n) is 3.69. The smallest absolute Gasteiger partial charge is 0.396 e. The first-order valence-electron chi connectivity index (χ1n) is 6.86. The van der Waals surface area contributed by atoms with Gasteiger partial charge in [0.05, 0.1) is 10.6 Å². The third-order valence-corrected chi connectivity index (χ3v) is 4.11. The number of halogens is 4. The molecular formula is C14H18ClF3N2O. The summed E-state index contributed by atoms with van der Waals surface area (Å²) in [5.41, 5.74) is -0.387. The largest absolute Gasteiger partial charge is 0.417 e. The van der Waals surface area contributed by atoms with Gasteiger partial charge < -0.3 is 10.4 Å². The van der Waals surface area contributed by atoms with Crippen molar-refractivity contribution in [1.29, 1.82) is 0 Å². The Labute approximate surface area is 126 Å². The third kappa shape index (κ3) is 3.88. The molecule has 0 saturated carbocycles. The van der Waals surface area contributed by atoms with Crippen LogP contribution in [0.1, 0.15) is 23.6 Å². The normalized spacial score (nSPS) is 18.7. The van der Waals surface area contributed by atoms with Crippen LogP contribution in [-0.4, -0.2) is 42.8 Å². The first kappa shape index (κ1) is 16.5. The van der Waals surface area contributed by atoms with Gasteiger partial charge in [-0.15, -0.1) is 0 Å². The maximum absolute atomic E-state index is 13.0. The molecule has 1 aromatic rings. The second kappa shape index (κ2) is 6.96. The van der Waals surface area contributed by atoms with Crippen LogP contribution < -0.4 is 5.32 Å². The number of nitrogens with one attached hydrogen (secondary N) is 1. The van der Waals surface area contributed by atoms with Crippen molar-refractivity contribution in [3.05, 3.63) is 34.3 Å². The predicted molar refractivity (Wildman–Crippen MR) is 75.3 cm³/mol. The Balaban J connectivity index is 2.36. The summed E-state index contributed by atoms with van der Waals surface area (Å²) < 4.78 is 38.9. The highest BCUT2D eigenvalue weighted by Crippen LogP contribution is 2.39. The molecule has 1 saturated heterocycles. The van der Waals surface area contributed by atoms with E-state index in [0.29, 0.717) is 12.0 Å². The van der Waals surface area contributed by atoms with Crippen LogP contribution in [0.3, 0.4) is 0 Å². The maximum atomic E-state index is 13.0. The lowest BCUT2D eigenvalue weighted by atomic mass is 9.99. The first-order valence-corrected chi connectivity index (χ1v) is 7.24. The number of nitrogens with zero attached hydrogens (tertiary/aromatic N) is 1. The van der Waals surface area contributed by atoms with Crippen molar-refractivity contribution in [2.45, 2.75) is 18.6 Å². The van der Waals surface area contributed by atoms with Gasteiger partial charge in [-0.3, -0.25) is 4.90 Å². The number of rotatable bonds is 4. The summed E-state index contributed by atoms with van der Waals surface area (Å²) in [4.78, 5) is 2.06. The number of piperazine rings is 1. The summed E-state index contributed by atoms with van der Waals surface area (Å²) in [5, 5.41) is 12.2. The van der Waals surface area contributed by atoms with E-state index in [1.807, 2.05) is 0 Å². The van der Waals surface area contributed by atoms with Crippen molar-refractivity contribution >= 4 is 11.6 Å². The van der Waals surface area contributed by atoms with Gasteiger partial charge in [0.2, 0.25) is 0 Å². The molecule has 1 heterocycles. The van der Waals surface area contributed by atoms with Crippen LogP contribution >= 0.6 is 11.6 Å². The second-order valence-corrected chi connectivity index (χ2v) is 5.40. The minimum atomic E-state index is -4.47. The Morgan fingerprint density at radius 3 is 2.52 bits per heavy atom. The SMILES string of the molecule is OCC[C@@H](c1cccc(C(F)(F)F)c1Cl)N1CCNCC1. The van der Waals surface area contributed by atoms with Crippen LogP contribution in [0.5, 0.6) is 0 Å². The highest BCUT2D eigenvalue weighted by Gasteiger charge is 2.35. The number of aliphatic hydroxyl groups excluding tert-OH is 1. The van der Waals surface area contributed by atoms with E-state index in [0.717, 1.165) is 32.2 Å². The van der Waals surface area contributed by atoms with Gasteiger partial charge in [-0.2, -0.15) is 13.2 Å². The zero-order valence-corrected chi connectivity index (χ0v) is 12.2. The second-order valence-electron chi connectivity index (χ2n) is 5.02. The zero-order chi connectivity index (χ0) is 15.5. The molecule has 1 aliphatic rings. The number of hydrogen-bond donors (Lipinski definition) is 2. The summed E-state index contributed by atoms with van der Waals surface area (Å²) in [6.45, 7) is 2.90. The molecule has 0 radical (unpaired) electrons. The summed E-state index contributed by atoms with van der Waals surface area (Å²) in [7, 11) is 0. The summed E-state index contributed by atoms with van der Waals surface area (Å²) in [5.74, 6) is 0. The number of hydrogen-bond acceptors (Lipinski definition) is 3. The molecule has 0 spiro atoms. The van der Waals surface area contributed by atoms with E-state index < -0.39 is 11.7 Å². The molecule has 3 nitrogen and oxygen atoms in total. The predicted octanol–water partition coefficient (Wildman–Crippen LogP) is 2.69. The van der Waals surface area contributed by atoms with Crippen molar-refractivity contribution < 1.29 is 18.3 Å². The fraction of sp³-hybridized carbons (Fsp3) is 0.571. The van der Waals surface area contributed by atoms with Gasteiger partial charge in [-0.05, 0) is 18.1 Å². The van der Waals surface area contributed by atoms with Crippen molar-refractivity contribution in [2.75, 3.05) is 32.8 Å². The molecule has 1 aliphatic heterocycles. The molecule has 0 aliphatic carbocycles. The Bertz CT molecular complexity index is 476. The Hall–Kier alpha value is -0.820. The molecule has 1 fully saturated rings. The monoisotopic (exact) mass is 322 g/mol. The van der Waals surface area contributed by atoms with Gasteiger partial charge in [0.1, 0.15) is 0 Å². The Kier molecular flexibility index (Phi) is 5.48. The van der Waals surface area contributed by atoms with Crippen LogP contribution in [0.2, 0.25) is 5.02 Å². The van der Waals surface area contributed by atoms with Crippen LogP contribution in [0.4, 0.5) is 13.2 Å². The molecular weight excluding hydrogens is 305 g/mol. The van der Waals surface area contributed by atoms with Gasteiger partial charge >= 0.3 is 6.18 Å². The van der Waals surface area contributed by atoms with Crippen molar-refractivity contribution in [1.82, 2.24) is 10.2 Å². The molecule has 118 valence electrons. The van der Waals surface area contributed by atoms with Gasteiger partial charge in [-0.25, -0.2) is 0 Å². The minimum Gasteiger partial charge on any atom is -0.396 e. The van der Waals surface area contributed by atoms with Gasteiger partial charge in [0.25, 0.3) is 0 Å². The molecule has 0 unspecified atom stereocenters. The van der Waals surface area contributed by atoms with E-state index in [4.69, 9.17) is 11.6 Å². The molecule has 2 rings (SSSR count). The van der Waals surface area contributed by atoms with E-state index in [-0.39, 0.29) is 17.7 Å². The fourth-order valence-electron chi connectivity index (χ4n) is 2.68. The zero-order valence-electron chi connectivity index (χ0n) is 11.5. The summed E-state index contributed by atoms with van der Waals surface area (Å²) in [6.07, 6.45) is -4.11. The number of aliphatic hydroxyl groups is 1. The van der Waals surface area contributed by atoms with Gasteiger partial charge in [-0.1, -0.05) is 23.7 Å². The average Bonchev–Trinajstić information content (AvgIpc) is 2.45. The molecule has 0 aromatic heterocycles. The lowest BCUT2D eigenvalue weighted by Gasteiger charge is -2.35. The number of benzene rings is 1. The quantitative estimate of drug-likeness (QED) is 0.894. The van der Waals surface area contributed by atoms with Gasteiger partial charge in [0, 0.05) is 38.8 Å². The molecule has 0 amide bonds. The highest BCUT2D eigenvalue weighted by molar-refractivity contribution is 6.32. The van der Waals surface area contributed by atoms with Crippen molar-refractivity contribution in [3.8, 4) is 0 Å². The van der Waals surface area contributed by atoms with E-state index >= 15 is 0 Å². The van der Waals surface area contributed by atoms with Gasteiger partial charge in [0.15, 0.2) is 0 Å². The molecule has 2 N–H and O–H groups in total. The molecule has 1 aromatic carbocycles. The topological polar surface area (TPSA) is 35.5 Å². The highest BCUT2D eigenvalue weighted by atomic mass is 35.5. The summed E-state index contributed by atoms with van der Waals surface area (Å²) >= 11 is 6.00. The Morgan fingerprint density at radius 1 is 1.29 bits per heavy atom. The van der Waals surface area contributed by atoms with E-state index in [1.165, 1.54) is 6.07 Å². The molecule has 0 bridgehead atoms. The average molecular weight is 323 g/mol. The summed E-state index contributed by atoms with van der Waals surface area (Å²) in [6, 6.07) is 3.67. The maximum Gasteiger partial charge on any atom is 0.417 e. The number of alkyl halides is 3. The first-order chi connectivity index (χ1) is 9.95. The van der Waals surface area contributed by atoms with Crippen LogP contribution in [0.15, 0.2) is 18.2 Å². The van der Waals surface area contributed by atoms with Crippen molar-refractivity contribution in [3.63, 3.8) is 0 Å². The van der Waals surface area contributed by atoms with Crippen molar-refractivity contribution in [2.24, 2.45) is 0 Å². The lowest BCUT2D eigenvalue weighted by Crippen LogP contribution is -2.45. The van der Waals surface area contributed by atoms with Crippen LogP contribution in [0, 0.1) is 0 Å². The molecule has 7 heteroatoms. The molecule has 21 heavy (non-hydrogen) atoms. The fourth-order valence-corrected chi connectivity index (χ4v) is 3.04. The standard InChI is InChI=1S/C14H18ClF3N2O/c15-13-10(2-1-3-11(13)14(16,17)18)12(4-9-21)20-7-5-19-6-8-20/h1-3,12,19,21H,4-9H2/t12-/m0/s1. The minimum absolute atomic E-state index is 0.0961. The van der Waals surface area contributed by atoms with Crippen LogP contribution in [-0.2, 0) is 6.18 Å². The Morgan fingerprint density at radius 2 is 1.95 bits per heavy atom. The lowest BCUT2D eigenvalue weighted by molar-refractivity contribution is -0.137.